The Morgan fingerprint density at radius 2 is 2.11 bits per heavy atom. The monoisotopic (exact) mass is 363 g/mol. The molecular weight excluding hydrogens is 358 g/mol. The maximum absolute atomic E-state index is 12.0. The summed E-state index contributed by atoms with van der Waals surface area (Å²) in [5.74, 6) is 0. The molecule has 2 aromatic rings. The van der Waals surface area contributed by atoms with E-state index in [0.717, 1.165) is 12.3 Å². The smallest absolute Gasteiger partial charge is 0.266 e. The molecule has 0 aromatic carbocycles. The van der Waals surface area contributed by atoms with Crippen LogP contribution in [0.1, 0.15) is 0 Å². The zero-order valence-electron chi connectivity index (χ0n) is 9.22. The van der Waals surface area contributed by atoms with Gasteiger partial charge in [-0.25, -0.2) is 13.4 Å². The summed E-state index contributed by atoms with van der Waals surface area (Å²) in [7, 11) is -3.83. The third-order valence-corrected chi connectivity index (χ3v) is 4.23. The minimum absolute atomic E-state index is 0.139. The van der Waals surface area contributed by atoms with Gasteiger partial charge in [0.1, 0.15) is 14.5 Å². The lowest BCUT2D eigenvalue weighted by Crippen LogP contribution is -2.16. The van der Waals surface area contributed by atoms with E-state index >= 15 is 0 Å². The molecule has 9 heteroatoms. The number of halogens is 2. The van der Waals surface area contributed by atoms with Crippen molar-refractivity contribution in [1.82, 2.24) is 9.97 Å². The average molecular weight is 365 g/mol. The van der Waals surface area contributed by atoms with E-state index in [2.05, 4.69) is 30.6 Å². The fourth-order valence-corrected chi connectivity index (χ4v) is 2.75. The molecule has 0 aliphatic carbocycles. The largest absolute Gasteiger partial charge is 0.326 e. The van der Waals surface area contributed by atoms with Gasteiger partial charge in [-0.3, -0.25) is 9.52 Å². The van der Waals surface area contributed by atoms with Crippen LogP contribution in [-0.2, 0) is 10.0 Å². The van der Waals surface area contributed by atoms with Crippen LogP contribution in [0.5, 0.6) is 0 Å². The van der Waals surface area contributed by atoms with E-state index in [1.54, 1.807) is 12.1 Å². The number of hydrogen-bond acceptors (Lipinski definition) is 4. The Morgan fingerprint density at radius 1 is 1.37 bits per heavy atom. The molecule has 6 nitrogen and oxygen atoms in total. The van der Waals surface area contributed by atoms with Crippen molar-refractivity contribution in [2.75, 3.05) is 4.72 Å². The first-order valence-corrected chi connectivity index (χ1v) is 7.56. The van der Waals surface area contributed by atoms with Gasteiger partial charge in [-0.2, -0.15) is 0 Å². The molecule has 0 atom stereocenters. The van der Waals surface area contributed by atoms with Gasteiger partial charge in [0.25, 0.3) is 15.6 Å². The Kier molecular flexibility index (Phi) is 3.93. The van der Waals surface area contributed by atoms with Gasteiger partial charge in [-0.1, -0.05) is 11.6 Å². The minimum Gasteiger partial charge on any atom is -0.326 e. The Hall–Kier alpha value is -1.38. The van der Waals surface area contributed by atoms with Crippen LogP contribution in [0.15, 0.2) is 44.9 Å². The lowest BCUT2D eigenvalue weighted by molar-refractivity contribution is 0.600. The summed E-state index contributed by atoms with van der Waals surface area (Å²) < 4.78 is 26.9. The van der Waals surface area contributed by atoms with E-state index in [-0.39, 0.29) is 9.92 Å². The Balaban J connectivity index is 2.34. The maximum Gasteiger partial charge on any atom is 0.266 e. The number of pyridine rings is 2. The highest BCUT2D eigenvalue weighted by molar-refractivity contribution is 9.10. The second kappa shape index (κ2) is 5.32. The van der Waals surface area contributed by atoms with Gasteiger partial charge in [-0.05, 0) is 34.1 Å². The summed E-state index contributed by atoms with van der Waals surface area (Å²) in [5.41, 5.74) is -0.253. The number of anilines is 1. The van der Waals surface area contributed by atoms with Crippen molar-refractivity contribution in [2.24, 2.45) is 0 Å². The van der Waals surface area contributed by atoms with Crippen molar-refractivity contribution < 1.29 is 8.42 Å². The summed E-state index contributed by atoms with van der Waals surface area (Å²) >= 11 is 8.73. The number of hydrogen-bond donors (Lipinski definition) is 2. The van der Waals surface area contributed by atoms with Crippen LogP contribution < -0.4 is 10.3 Å². The van der Waals surface area contributed by atoms with E-state index in [1.807, 2.05) is 0 Å². The van der Waals surface area contributed by atoms with Crippen LogP contribution in [0.4, 0.5) is 5.69 Å². The second-order valence-electron chi connectivity index (χ2n) is 3.49. The van der Waals surface area contributed by atoms with Crippen LogP contribution in [-0.4, -0.2) is 18.4 Å². The second-order valence-corrected chi connectivity index (χ2v) is 6.39. The highest BCUT2D eigenvalue weighted by Gasteiger charge is 2.16. The fourth-order valence-electron chi connectivity index (χ4n) is 1.24. The van der Waals surface area contributed by atoms with Crippen LogP contribution in [0.3, 0.4) is 0 Å². The molecule has 0 unspecified atom stereocenters. The molecule has 0 saturated heterocycles. The lowest BCUT2D eigenvalue weighted by atomic mass is 10.4. The lowest BCUT2D eigenvalue weighted by Gasteiger charge is -2.07. The Labute approximate surface area is 122 Å². The summed E-state index contributed by atoms with van der Waals surface area (Å²) in [5, 5.41) is -0.197. The number of aromatic amines is 1. The van der Waals surface area contributed by atoms with Crippen molar-refractivity contribution in [3.05, 3.63) is 50.6 Å². The number of nitrogens with zero attached hydrogens (tertiary/aromatic N) is 1. The van der Waals surface area contributed by atoms with E-state index in [1.165, 1.54) is 6.20 Å². The first-order valence-electron chi connectivity index (χ1n) is 4.91. The zero-order chi connectivity index (χ0) is 14.0. The first kappa shape index (κ1) is 14.0. The maximum atomic E-state index is 12.0. The van der Waals surface area contributed by atoms with Gasteiger partial charge in [0, 0.05) is 6.20 Å². The topological polar surface area (TPSA) is 91.9 Å². The molecule has 2 aromatic heterocycles. The van der Waals surface area contributed by atoms with Gasteiger partial charge in [0.15, 0.2) is 0 Å². The predicted octanol–water partition coefficient (Wildman–Crippen LogP) is 1.99. The quantitative estimate of drug-likeness (QED) is 0.815. The highest BCUT2D eigenvalue weighted by atomic mass is 79.9. The van der Waals surface area contributed by atoms with E-state index in [4.69, 9.17) is 11.6 Å². The van der Waals surface area contributed by atoms with Crippen LogP contribution in [0.2, 0.25) is 5.02 Å². The Morgan fingerprint density at radius 3 is 2.68 bits per heavy atom. The average Bonchev–Trinajstić information content (AvgIpc) is 2.35. The predicted molar refractivity (Wildman–Crippen MR) is 74.8 cm³/mol. The molecule has 2 rings (SSSR count). The van der Waals surface area contributed by atoms with Crippen molar-refractivity contribution in [1.29, 1.82) is 0 Å². The van der Waals surface area contributed by atoms with Crippen LogP contribution in [0.25, 0.3) is 0 Å². The molecule has 0 radical (unpaired) electrons. The molecule has 0 bridgehead atoms. The molecule has 2 N–H and O–H groups in total. The van der Waals surface area contributed by atoms with Crippen molar-refractivity contribution in [3.63, 3.8) is 0 Å². The summed E-state index contributed by atoms with van der Waals surface area (Å²) in [6.45, 7) is 0. The normalized spacial score (nSPS) is 11.3. The molecule has 0 fully saturated rings. The van der Waals surface area contributed by atoms with Crippen LogP contribution in [0, 0.1) is 0 Å². The van der Waals surface area contributed by atoms with Gasteiger partial charge in [0.05, 0.1) is 11.9 Å². The Bertz CT molecular complexity index is 758. The number of H-pyrrole nitrogens is 1. The van der Waals surface area contributed by atoms with Gasteiger partial charge in [-0.15, -0.1) is 0 Å². The summed E-state index contributed by atoms with van der Waals surface area (Å²) in [6, 6.07) is 4.22. The van der Waals surface area contributed by atoms with Gasteiger partial charge < -0.3 is 4.98 Å². The zero-order valence-corrected chi connectivity index (χ0v) is 12.4. The van der Waals surface area contributed by atoms with Crippen LogP contribution >= 0.6 is 27.5 Å². The van der Waals surface area contributed by atoms with Crippen molar-refractivity contribution in [3.8, 4) is 0 Å². The molecule has 0 spiro atoms. The highest BCUT2D eigenvalue weighted by Crippen LogP contribution is 2.17. The van der Waals surface area contributed by atoms with E-state index < -0.39 is 15.6 Å². The molecule has 100 valence electrons. The molecule has 0 saturated carbocycles. The number of nitrogens with one attached hydrogen (secondary N) is 2. The van der Waals surface area contributed by atoms with Crippen molar-refractivity contribution in [2.45, 2.75) is 4.90 Å². The molecule has 0 amide bonds. The van der Waals surface area contributed by atoms with Gasteiger partial charge >= 0.3 is 0 Å². The molecule has 19 heavy (non-hydrogen) atoms. The third kappa shape index (κ3) is 3.34. The standard InChI is InChI=1S/C10H7BrClN3O3S/c11-9-2-1-6(4-13-9)15-19(17,18)7-3-8(12)10(16)14-5-7/h1-5,15H,(H,14,16). The number of sulfonamides is 1. The summed E-state index contributed by atoms with van der Waals surface area (Å²) in [6.07, 6.45) is 2.43. The third-order valence-electron chi connectivity index (χ3n) is 2.12. The number of aromatic nitrogens is 2. The SMILES string of the molecule is O=c1[nH]cc(S(=O)(=O)Nc2ccc(Br)nc2)cc1Cl. The van der Waals surface area contributed by atoms with E-state index in [0.29, 0.717) is 10.3 Å². The summed E-state index contributed by atoms with van der Waals surface area (Å²) in [4.78, 5) is 17.1. The first-order chi connectivity index (χ1) is 8.88. The van der Waals surface area contributed by atoms with E-state index in [9.17, 15) is 13.2 Å². The number of rotatable bonds is 3. The minimum atomic E-state index is -3.83. The molecule has 0 aliphatic rings. The molecular formula is C10H7BrClN3O3S. The molecule has 0 aliphatic heterocycles. The fraction of sp³-hybridized carbons (Fsp3) is 0. The molecule has 2 heterocycles. The van der Waals surface area contributed by atoms with Crippen molar-refractivity contribution >= 4 is 43.2 Å². The van der Waals surface area contributed by atoms with Gasteiger partial charge in [0.2, 0.25) is 0 Å².